The van der Waals surface area contributed by atoms with Crippen LogP contribution in [0, 0.1) is 6.92 Å². The number of sulfonamides is 1. The zero-order chi connectivity index (χ0) is 15.8. The molecule has 0 saturated carbocycles. The molecule has 0 radical (unpaired) electrons. The lowest BCUT2D eigenvalue weighted by Crippen LogP contribution is -2.19. The summed E-state index contributed by atoms with van der Waals surface area (Å²) in [5.41, 5.74) is 1.89. The van der Waals surface area contributed by atoms with Gasteiger partial charge in [-0.1, -0.05) is 39.0 Å². The summed E-state index contributed by atoms with van der Waals surface area (Å²) < 4.78 is 29.3. The first-order chi connectivity index (χ1) is 9.61. The van der Waals surface area contributed by atoms with Crippen LogP contribution < -0.4 is 4.72 Å². The maximum atomic E-state index is 12.6. The van der Waals surface area contributed by atoms with E-state index in [1.807, 2.05) is 18.2 Å². The van der Waals surface area contributed by atoms with Gasteiger partial charge >= 0.3 is 0 Å². The van der Waals surface area contributed by atoms with Crippen molar-refractivity contribution in [3.8, 4) is 0 Å². The summed E-state index contributed by atoms with van der Waals surface area (Å²) in [5.74, 6) is 0. The first-order valence-electron chi connectivity index (χ1n) is 6.74. The van der Waals surface area contributed by atoms with Gasteiger partial charge in [-0.15, -0.1) is 0 Å². The van der Waals surface area contributed by atoms with Crippen LogP contribution in [0.25, 0.3) is 0 Å². The van der Waals surface area contributed by atoms with Crippen LogP contribution in [0.3, 0.4) is 0 Å². The Bertz CT molecular complexity index is 755. The van der Waals surface area contributed by atoms with Gasteiger partial charge in [-0.25, -0.2) is 8.42 Å². The van der Waals surface area contributed by atoms with Crippen LogP contribution in [0.1, 0.15) is 32.0 Å². The lowest BCUT2D eigenvalue weighted by molar-refractivity contribution is 0.590. The summed E-state index contributed by atoms with van der Waals surface area (Å²) in [5, 5.41) is 4.09. The highest BCUT2D eigenvalue weighted by Gasteiger charge is 2.24. The molecule has 6 heteroatoms. The summed E-state index contributed by atoms with van der Waals surface area (Å²) in [6, 6.07) is 7.45. The largest absolute Gasteiger partial charge is 0.279 e. The Morgan fingerprint density at radius 1 is 1.19 bits per heavy atom. The molecule has 0 saturated heterocycles. The van der Waals surface area contributed by atoms with E-state index >= 15 is 0 Å². The van der Waals surface area contributed by atoms with Crippen LogP contribution in [0.15, 0.2) is 35.4 Å². The van der Waals surface area contributed by atoms with Crippen LogP contribution in [-0.2, 0) is 22.5 Å². The van der Waals surface area contributed by atoms with Gasteiger partial charge in [0.15, 0.2) is 0 Å². The molecule has 21 heavy (non-hydrogen) atoms. The Hall–Kier alpha value is -1.82. The number of aryl methyl sites for hydroxylation is 2. The second-order valence-electron chi connectivity index (χ2n) is 6.15. The molecule has 0 aliphatic rings. The Balaban J connectivity index is 2.45. The third-order valence-corrected chi connectivity index (χ3v) is 4.71. The van der Waals surface area contributed by atoms with Crippen molar-refractivity contribution < 1.29 is 8.42 Å². The fourth-order valence-corrected chi connectivity index (χ4v) is 3.57. The van der Waals surface area contributed by atoms with Gasteiger partial charge in [0.25, 0.3) is 10.0 Å². The Morgan fingerprint density at radius 2 is 1.81 bits per heavy atom. The van der Waals surface area contributed by atoms with Crippen molar-refractivity contribution in [1.82, 2.24) is 9.78 Å². The fraction of sp³-hybridized carbons (Fsp3) is 0.400. The number of nitrogens with zero attached hydrogens (tertiary/aromatic N) is 2. The van der Waals surface area contributed by atoms with E-state index in [1.165, 1.54) is 10.9 Å². The van der Waals surface area contributed by atoms with E-state index in [-0.39, 0.29) is 10.3 Å². The highest BCUT2D eigenvalue weighted by Crippen LogP contribution is 2.30. The number of benzene rings is 1. The molecule has 0 spiro atoms. The van der Waals surface area contributed by atoms with E-state index in [0.29, 0.717) is 11.4 Å². The second-order valence-corrected chi connectivity index (χ2v) is 7.80. The molecule has 0 amide bonds. The van der Waals surface area contributed by atoms with Crippen LogP contribution in [0.4, 0.5) is 5.69 Å². The highest BCUT2D eigenvalue weighted by atomic mass is 32.2. The molecule has 0 aliphatic heterocycles. The zero-order valence-corrected chi connectivity index (χ0v) is 13.8. The van der Waals surface area contributed by atoms with Crippen molar-refractivity contribution in [2.75, 3.05) is 4.72 Å². The molecule has 1 heterocycles. The van der Waals surface area contributed by atoms with Gasteiger partial charge in [0.1, 0.15) is 4.90 Å². The van der Waals surface area contributed by atoms with Gasteiger partial charge < -0.3 is 0 Å². The van der Waals surface area contributed by atoms with E-state index in [4.69, 9.17) is 0 Å². The van der Waals surface area contributed by atoms with Crippen LogP contribution >= 0.6 is 0 Å². The number of nitrogens with one attached hydrogen (secondary N) is 1. The molecule has 0 fully saturated rings. The normalized spacial score (nSPS) is 12.4. The maximum absolute atomic E-state index is 12.6. The number of hydrogen-bond acceptors (Lipinski definition) is 3. The molecular weight excluding hydrogens is 286 g/mol. The fourth-order valence-electron chi connectivity index (χ4n) is 2.27. The Kier molecular flexibility index (Phi) is 3.84. The third kappa shape index (κ3) is 3.26. The predicted molar refractivity (Wildman–Crippen MR) is 83.9 cm³/mol. The number of hydrogen-bond donors (Lipinski definition) is 1. The zero-order valence-electron chi connectivity index (χ0n) is 13.0. The quantitative estimate of drug-likeness (QED) is 0.948. The summed E-state index contributed by atoms with van der Waals surface area (Å²) in [4.78, 5) is 0.203. The number of anilines is 1. The van der Waals surface area contributed by atoms with Crippen LogP contribution in [0.2, 0.25) is 0 Å². The van der Waals surface area contributed by atoms with Gasteiger partial charge in [0, 0.05) is 13.2 Å². The molecular formula is C15H21N3O2S. The molecule has 1 N–H and O–H groups in total. The second kappa shape index (κ2) is 5.18. The molecule has 114 valence electrons. The minimum absolute atomic E-state index is 0.150. The monoisotopic (exact) mass is 307 g/mol. The van der Waals surface area contributed by atoms with Crippen molar-refractivity contribution in [2.45, 2.75) is 38.0 Å². The van der Waals surface area contributed by atoms with Gasteiger partial charge in [0.05, 0.1) is 11.4 Å². The lowest BCUT2D eigenvalue weighted by atomic mass is 9.86. The van der Waals surface area contributed by atoms with Gasteiger partial charge in [0.2, 0.25) is 0 Å². The first-order valence-corrected chi connectivity index (χ1v) is 8.22. The van der Waals surface area contributed by atoms with Crippen LogP contribution in [0.5, 0.6) is 0 Å². The predicted octanol–water partition coefficient (Wildman–Crippen LogP) is 2.83. The number of rotatable bonds is 3. The van der Waals surface area contributed by atoms with Gasteiger partial charge in [-0.2, -0.15) is 5.10 Å². The molecule has 0 unspecified atom stereocenters. The third-order valence-electron chi connectivity index (χ3n) is 3.24. The first kappa shape index (κ1) is 15.6. The molecule has 0 bridgehead atoms. The number of aromatic nitrogens is 2. The van der Waals surface area contributed by atoms with Crippen molar-refractivity contribution >= 4 is 15.7 Å². The molecule has 0 atom stereocenters. The summed E-state index contributed by atoms with van der Waals surface area (Å²) in [6.07, 6.45) is 1.51. The molecule has 1 aromatic carbocycles. The molecule has 2 rings (SSSR count). The van der Waals surface area contributed by atoms with Crippen molar-refractivity contribution in [3.05, 3.63) is 41.7 Å². The van der Waals surface area contributed by atoms with Crippen molar-refractivity contribution in [3.63, 3.8) is 0 Å². The molecule has 0 aliphatic carbocycles. The minimum atomic E-state index is -3.64. The maximum Gasteiger partial charge on any atom is 0.265 e. The van der Waals surface area contributed by atoms with E-state index in [0.717, 1.165) is 5.56 Å². The number of para-hydroxylation sites is 1. The van der Waals surface area contributed by atoms with Crippen LogP contribution in [-0.4, -0.2) is 18.2 Å². The SMILES string of the molecule is Cc1nn(C)cc1S(=O)(=O)Nc1ccccc1C(C)(C)C. The molecule has 5 nitrogen and oxygen atoms in total. The smallest absolute Gasteiger partial charge is 0.265 e. The summed E-state index contributed by atoms with van der Waals surface area (Å²) in [6.45, 7) is 7.84. The minimum Gasteiger partial charge on any atom is -0.279 e. The Labute approximate surface area is 126 Å². The van der Waals surface area contributed by atoms with E-state index in [1.54, 1.807) is 20.0 Å². The standard InChI is InChI=1S/C15H21N3O2S/c1-11-14(10-18(5)16-11)21(19,20)17-13-9-7-6-8-12(13)15(2,3)4/h6-10,17H,1-5H3. The van der Waals surface area contributed by atoms with E-state index < -0.39 is 10.0 Å². The van der Waals surface area contributed by atoms with E-state index in [2.05, 4.69) is 30.6 Å². The average molecular weight is 307 g/mol. The topological polar surface area (TPSA) is 64.0 Å². The van der Waals surface area contributed by atoms with E-state index in [9.17, 15) is 8.42 Å². The van der Waals surface area contributed by atoms with Crippen molar-refractivity contribution in [2.24, 2.45) is 7.05 Å². The molecule has 1 aromatic heterocycles. The van der Waals surface area contributed by atoms with Crippen molar-refractivity contribution in [1.29, 1.82) is 0 Å². The highest BCUT2D eigenvalue weighted by molar-refractivity contribution is 7.92. The molecule has 2 aromatic rings. The summed E-state index contributed by atoms with van der Waals surface area (Å²) in [7, 11) is -1.94. The average Bonchev–Trinajstić information content (AvgIpc) is 2.68. The van der Waals surface area contributed by atoms with Gasteiger partial charge in [-0.05, 0) is 24.0 Å². The lowest BCUT2D eigenvalue weighted by Gasteiger charge is -2.23. The Morgan fingerprint density at radius 3 is 2.33 bits per heavy atom. The summed E-state index contributed by atoms with van der Waals surface area (Å²) >= 11 is 0. The van der Waals surface area contributed by atoms with Gasteiger partial charge in [-0.3, -0.25) is 9.40 Å².